The van der Waals surface area contributed by atoms with E-state index in [9.17, 15) is 0 Å². The summed E-state index contributed by atoms with van der Waals surface area (Å²) < 4.78 is 5.31. The van der Waals surface area contributed by atoms with Gasteiger partial charge in [0.25, 0.3) is 0 Å². The molecule has 1 aromatic carbocycles. The van der Waals surface area contributed by atoms with Gasteiger partial charge in [-0.05, 0) is 85.3 Å². The molecule has 4 nitrogen and oxygen atoms in total. The highest BCUT2D eigenvalue weighted by Crippen LogP contribution is 2.53. The fourth-order valence-corrected chi connectivity index (χ4v) is 7.13. The first kappa shape index (κ1) is 27.8. The Kier molecular flexibility index (Phi) is 9.04. The smallest absolute Gasteiger partial charge is 0.0480 e. The maximum Gasteiger partial charge on any atom is 0.0480 e. The first-order valence-electron chi connectivity index (χ1n) is 13.5. The van der Waals surface area contributed by atoms with E-state index in [-0.39, 0.29) is 18.4 Å². The van der Waals surface area contributed by atoms with E-state index in [1.165, 1.54) is 56.4 Å². The molecule has 2 aliphatic carbocycles. The van der Waals surface area contributed by atoms with E-state index in [4.69, 9.17) is 10.5 Å². The normalized spacial score (nSPS) is 25.0. The van der Waals surface area contributed by atoms with Crippen LogP contribution in [0.2, 0.25) is 0 Å². The van der Waals surface area contributed by atoms with Gasteiger partial charge in [0.1, 0.15) is 0 Å². The van der Waals surface area contributed by atoms with Gasteiger partial charge in [-0.25, -0.2) is 0 Å². The summed E-state index contributed by atoms with van der Waals surface area (Å²) in [5.41, 5.74) is 11.6. The standard InChI is InChI=1S/C29H49N3O.ClH/c1-21(22-7-8-22)31-12-14-32(15-13-31)27-17-23(26(30)11-16-33-6)9-10-25(27)24-18-28(2,3)20-29(4,5)19-24;/h9-10,17,21-22,24,26H,7-8,11-16,18-20,30H2,1-6H3;1H. The van der Waals surface area contributed by atoms with Crippen molar-refractivity contribution < 1.29 is 4.74 Å². The molecule has 3 aliphatic rings. The number of rotatable bonds is 8. The maximum atomic E-state index is 6.59. The Morgan fingerprint density at radius 1 is 1.03 bits per heavy atom. The SMILES string of the molecule is COCCC(N)c1ccc(C2CC(C)(C)CC(C)(C)C2)c(N2CCN(C(C)C3CC3)CC2)c1.Cl. The number of benzene rings is 1. The zero-order valence-corrected chi connectivity index (χ0v) is 23.4. The molecule has 34 heavy (non-hydrogen) atoms. The van der Waals surface area contributed by atoms with E-state index in [0.717, 1.165) is 31.5 Å². The van der Waals surface area contributed by atoms with Crippen LogP contribution in [0.4, 0.5) is 5.69 Å². The molecule has 0 bridgehead atoms. The van der Waals surface area contributed by atoms with Gasteiger partial charge in [-0.1, -0.05) is 39.8 Å². The first-order chi connectivity index (χ1) is 15.6. The summed E-state index contributed by atoms with van der Waals surface area (Å²) in [5, 5.41) is 0. The highest BCUT2D eigenvalue weighted by Gasteiger charge is 2.40. The molecule has 5 heteroatoms. The summed E-state index contributed by atoms with van der Waals surface area (Å²) in [6, 6.07) is 7.95. The number of piperazine rings is 1. The fraction of sp³-hybridized carbons (Fsp3) is 0.793. The van der Waals surface area contributed by atoms with Crippen LogP contribution in [-0.2, 0) is 4.74 Å². The molecule has 0 aromatic heterocycles. The fourth-order valence-electron chi connectivity index (χ4n) is 7.13. The highest BCUT2D eigenvalue weighted by molar-refractivity contribution is 5.85. The Hall–Kier alpha value is -0.810. The number of nitrogens with zero attached hydrogens (tertiary/aromatic N) is 2. The van der Waals surface area contributed by atoms with Gasteiger partial charge in [0.2, 0.25) is 0 Å². The highest BCUT2D eigenvalue weighted by atomic mass is 35.5. The van der Waals surface area contributed by atoms with E-state index in [1.807, 2.05) is 0 Å². The molecular formula is C29H50ClN3O. The van der Waals surface area contributed by atoms with Crippen molar-refractivity contribution in [1.82, 2.24) is 4.90 Å². The van der Waals surface area contributed by atoms with Crippen molar-refractivity contribution in [1.29, 1.82) is 0 Å². The van der Waals surface area contributed by atoms with Gasteiger partial charge < -0.3 is 15.4 Å². The average Bonchev–Trinajstić information content (AvgIpc) is 3.60. The molecule has 3 fully saturated rings. The van der Waals surface area contributed by atoms with Crippen LogP contribution in [0.15, 0.2) is 18.2 Å². The van der Waals surface area contributed by atoms with Crippen LogP contribution in [0.3, 0.4) is 0 Å². The van der Waals surface area contributed by atoms with Crippen LogP contribution in [0.5, 0.6) is 0 Å². The number of nitrogens with two attached hydrogens (primary N) is 1. The van der Waals surface area contributed by atoms with Gasteiger partial charge in [-0.3, -0.25) is 4.90 Å². The molecule has 1 heterocycles. The van der Waals surface area contributed by atoms with Gasteiger partial charge in [-0.15, -0.1) is 12.4 Å². The van der Waals surface area contributed by atoms with Gasteiger partial charge in [0.05, 0.1) is 0 Å². The molecule has 2 saturated carbocycles. The number of halogens is 1. The van der Waals surface area contributed by atoms with Crippen LogP contribution in [-0.4, -0.2) is 50.8 Å². The summed E-state index contributed by atoms with van der Waals surface area (Å²) in [6.07, 6.45) is 7.59. The zero-order valence-electron chi connectivity index (χ0n) is 22.6. The van der Waals surface area contributed by atoms with Crippen LogP contribution >= 0.6 is 12.4 Å². The van der Waals surface area contributed by atoms with Crippen LogP contribution in [0, 0.1) is 16.7 Å². The summed E-state index contributed by atoms with van der Waals surface area (Å²) in [7, 11) is 1.76. The lowest BCUT2D eigenvalue weighted by Crippen LogP contribution is -2.50. The second-order valence-corrected chi connectivity index (χ2v) is 12.9. The number of hydrogen-bond acceptors (Lipinski definition) is 4. The number of methoxy groups -OCH3 is 1. The van der Waals surface area contributed by atoms with Crippen molar-refractivity contribution in [2.75, 3.05) is 44.8 Å². The monoisotopic (exact) mass is 491 g/mol. The molecule has 194 valence electrons. The molecule has 2 unspecified atom stereocenters. The van der Waals surface area contributed by atoms with Gasteiger partial charge in [-0.2, -0.15) is 0 Å². The lowest BCUT2D eigenvalue weighted by atomic mass is 9.60. The summed E-state index contributed by atoms with van der Waals surface area (Å²) in [5.74, 6) is 1.56. The first-order valence-corrected chi connectivity index (χ1v) is 13.5. The van der Waals surface area contributed by atoms with Crippen molar-refractivity contribution in [3.63, 3.8) is 0 Å². The Morgan fingerprint density at radius 3 is 2.21 bits per heavy atom. The Morgan fingerprint density at radius 2 is 1.65 bits per heavy atom. The van der Waals surface area contributed by atoms with Crippen molar-refractivity contribution in [3.8, 4) is 0 Å². The third-order valence-electron chi connectivity index (χ3n) is 8.65. The van der Waals surface area contributed by atoms with Crippen LogP contribution in [0.1, 0.15) is 96.2 Å². The van der Waals surface area contributed by atoms with E-state index in [2.05, 4.69) is 62.6 Å². The molecule has 2 atom stereocenters. The molecule has 0 spiro atoms. The molecule has 1 saturated heterocycles. The summed E-state index contributed by atoms with van der Waals surface area (Å²) in [4.78, 5) is 5.40. The van der Waals surface area contributed by atoms with Gasteiger partial charge in [0.15, 0.2) is 0 Å². The Labute approximate surface area is 215 Å². The molecule has 2 N–H and O–H groups in total. The predicted octanol–water partition coefficient (Wildman–Crippen LogP) is 6.39. The second kappa shape index (κ2) is 11.1. The molecule has 1 aliphatic heterocycles. The Bertz CT molecular complexity index is 783. The van der Waals surface area contributed by atoms with E-state index in [1.54, 1.807) is 12.7 Å². The summed E-state index contributed by atoms with van der Waals surface area (Å²) in [6.45, 7) is 17.6. The third kappa shape index (κ3) is 6.69. The summed E-state index contributed by atoms with van der Waals surface area (Å²) >= 11 is 0. The number of hydrogen-bond donors (Lipinski definition) is 1. The zero-order chi connectivity index (χ0) is 23.8. The minimum atomic E-state index is 0. The Balaban J connectivity index is 0.00000324. The predicted molar refractivity (Wildman–Crippen MR) is 147 cm³/mol. The lowest BCUT2D eigenvalue weighted by molar-refractivity contribution is 0.0969. The van der Waals surface area contributed by atoms with Crippen LogP contribution < -0.4 is 10.6 Å². The molecule has 0 amide bonds. The second-order valence-electron chi connectivity index (χ2n) is 12.9. The van der Waals surface area contributed by atoms with Gasteiger partial charge >= 0.3 is 0 Å². The molecule has 4 rings (SSSR count). The maximum absolute atomic E-state index is 6.59. The van der Waals surface area contributed by atoms with Crippen molar-refractivity contribution in [3.05, 3.63) is 29.3 Å². The topological polar surface area (TPSA) is 41.7 Å². The molecule has 1 aromatic rings. The average molecular weight is 492 g/mol. The minimum Gasteiger partial charge on any atom is -0.385 e. The molecular weight excluding hydrogens is 442 g/mol. The van der Waals surface area contributed by atoms with E-state index < -0.39 is 0 Å². The van der Waals surface area contributed by atoms with E-state index in [0.29, 0.717) is 23.4 Å². The van der Waals surface area contributed by atoms with Gasteiger partial charge in [0, 0.05) is 57.7 Å². The van der Waals surface area contributed by atoms with Crippen molar-refractivity contribution in [2.24, 2.45) is 22.5 Å². The minimum absolute atomic E-state index is 0. The largest absolute Gasteiger partial charge is 0.385 e. The quantitative estimate of drug-likeness (QED) is 0.457. The van der Waals surface area contributed by atoms with Crippen molar-refractivity contribution in [2.45, 2.75) is 91.1 Å². The lowest BCUT2D eigenvalue weighted by Gasteiger charge is -2.47. The number of ether oxygens (including phenoxy) is 1. The van der Waals surface area contributed by atoms with Crippen LogP contribution in [0.25, 0.3) is 0 Å². The molecule has 0 radical (unpaired) electrons. The van der Waals surface area contributed by atoms with Crippen molar-refractivity contribution >= 4 is 18.1 Å². The third-order valence-corrected chi connectivity index (χ3v) is 8.65. The van der Waals surface area contributed by atoms with E-state index >= 15 is 0 Å². The number of anilines is 1.